The lowest BCUT2D eigenvalue weighted by atomic mass is 9.82. The van der Waals surface area contributed by atoms with Crippen molar-refractivity contribution in [3.8, 4) is 6.08 Å². The van der Waals surface area contributed by atoms with Crippen molar-refractivity contribution in [1.29, 1.82) is 0 Å². The van der Waals surface area contributed by atoms with Crippen molar-refractivity contribution in [2.45, 2.75) is 59.1 Å². The summed E-state index contributed by atoms with van der Waals surface area (Å²) in [5, 5.41) is 3.30. The third kappa shape index (κ3) is 4.53. The first-order chi connectivity index (χ1) is 9.17. The highest BCUT2D eigenvalue weighted by atomic mass is 16.6. The van der Waals surface area contributed by atoms with Gasteiger partial charge < -0.3 is 14.5 Å². The molecule has 2 atom stereocenters. The van der Waals surface area contributed by atoms with Crippen LogP contribution >= 0.6 is 0 Å². The summed E-state index contributed by atoms with van der Waals surface area (Å²) < 4.78 is 11.3. The van der Waals surface area contributed by atoms with Crippen LogP contribution in [0.15, 0.2) is 10.7 Å². The van der Waals surface area contributed by atoms with Crippen LogP contribution in [0.4, 0.5) is 0 Å². The van der Waals surface area contributed by atoms with E-state index in [9.17, 15) is 0 Å². The van der Waals surface area contributed by atoms with Gasteiger partial charge >= 0.3 is 6.08 Å². The van der Waals surface area contributed by atoms with Gasteiger partial charge in [0.25, 0.3) is 0 Å². The number of ether oxygens (including phenoxy) is 1. The highest BCUT2D eigenvalue weighted by Gasteiger charge is 2.26. The van der Waals surface area contributed by atoms with Crippen molar-refractivity contribution in [3.05, 3.63) is 12.0 Å². The Hall–Kier alpha value is -1.03. The number of hydrogen-bond donors (Lipinski definition) is 1. The highest BCUT2D eigenvalue weighted by molar-refractivity contribution is 5.00. The topological polar surface area (TPSA) is 47.3 Å². The molecule has 1 aliphatic carbocycles. The van der Waals surface area contributed by atoms with Gasteiger partial charge in [-0.1, -0.05) is 20.8 Å². The Kier molecular flexibility index (Phi) is 5.25. The smallest absolute Gasteiger partial charge is 0.394 e. The van der Waals surface area contributed by atoms with E-state index in [1.165, 1.54) is 6.42 Å². The second-order valence-corrected chi connectivity index (χ2v) is 5.94. The van der Waals surface area contributed by atoms with E-state index in [0.29, 0.717) is 6.08 Å². The zero-order valence-corrected chi connectivity index (χ0v) is 12.3. The van der Waals surface area contributed by atoms with E-state index in [2.05, 4.69) is 31.1 Å². The molecule has 0 aliphatic heterocycles. The number of oxazole rings is 1. The van der Waals surface area contributed by atoms with Crippen LogP contribution < -0.4 is 10.1 Å². The molecule has 2 rings (SSSR count). The standard InChI is InChI=1S/C15H26N2O2/c1-4-5-16-9-13-10-18-15(17-13)19-14-7-11(2)6-12(3)8-14/h10-12,14,16H,4-9H2,1-3H3. The van der Waals surface area contributed by atoms with Crippen molar-refractivity contribution in [1.82, 2.24) is 10.3 Å². The largest absolute Gasteiger partial charge is 0.447 e. The minimum absolute atomic E-state index is 0.258. The third-order valence-electron chi connectivity index (χ3n) is 3.67. The molecule has 1 N–H and O–H groups in total. The van der Waals surface area contributed by atoms with Gasteiger partial charge in [-0.25, -0.2) is 0 Å². The molecule has 0 aromatic carbocycles. The molecule has 1 aliphatic rings. The summed E-state index contributed by atoms with van der Waals surface area (Å²) in [6.45, 7) is 8.48. The fourth-order valence-electron chi connectivity index (χ4n) is 2.93. The van der Waals surface area contributed by atoms with Gasteiger partial charge in [-0.2, -0.15) is 4.98 Å². The van der Waals surface area contributed by atoms with Crippen LogP contribution in [-0.4, -0.2) is 17.6 Å². The summed E-state index contributed by atoms with van der Waals surface area (Å²) >= 11 is 0. The molecule has 1 fully saturated rings. The van der Waals surface area contributed by atoms with Crippen LogP contribution in [0.25, 0.3) is 0 Å². The third-order valence-corrected chi connectivity index (χ3v) is 3.67. The average molecular weight is 266 g/mol. The fraction of sp³-hybridized carbons (Fsp3) is 0.800. The predicted octanol–water partition coefficient (Wildman–Crippen LogP) is 3.38. The van der Waals surface area contributed by atoms with Crippen molar-refractivity contribution < 1.29 is 9.15 Å². The first-order valence-electron chi connectivity index (χ1n) is 7.49. The van der Waals surface area contributed by atoms with Gasteiger partial charge in [-0.15, -0.1) is 0 Å². The molecule has 1 saturated carbocycles. The summed E-state index contributed by atoms with van der Waals surface area (Å²) in [7, 11) is 0. The van der Waals surface area contributed by atoms with Gasteiger partial charge in [0.05, 0.1) is 5.69 Å². The predicted molar refractivity (Wildman–Crippen MR) is 75.1 cm³/mol. The number of rotatable bonds is 6. The second kappa shape index (κ2) is 6.94. The van der Waals surface area contributed by atoms with Crippen LogP contribution in [-0.2, 0) is 6.54 Å². The molecule has 0 radical (unpaired) electrons. The molecule has 4 heteroatoms. The van der Waals surface area contributed by atoms with Crippen molar-refractivity contribution in [2.24, 2.45) is 11.8 Å². The molecule has 0 saturated heterocycles. The van der Waals surface area contributed by atoms with Gasteiger partial charge in [-0.05, 0) is 44.1 Å². The zero-order valence-electron chi connectivity index (χ0n) is 12.3. The zero-order chi connectivity index (χ0) is 13.7. The van der Waals surface area contributed by atoms with Crippen LogP contribution in [0.5, 0.6) is 6.08 Å². The van der Waals surface area contributed by atoms with Crippen LogP contribution in [0.1, 0.15) is 52.1 Å². The molecule has 2 unspecified atom stereocenters. The van der Waals surface area contributed by atoms with Crippen LogP contribution in [0, 0.1) is 11.8 Å². The van der Waals surface area contributed by atoms with Gasteiger partial charge in [0.15, 0.2) is 0 Å². The van der Waals surface area contributed by atoms with Crippen molar-refractivity contribution in [3.63, 3.8) is 0 Å². The Morgan fingerprint density at radius 1 is 1.32 bits per heavy atom. The van der Waals surface area contributed by atoms with Gasteiger partial charge in [-0.3, -0.25) is 0 Å². The number of nitrogens with zero attached hydrogens (tertiary/aromatic N) is 1. The van der Waals surface area contributed by atoms with E-state index in [-0.39, 0.29) is 6.10 Å². The maximum atomic E-state index is 5.88. The van der Waals surface area contributed by atoms with E-state index in [1.54, 1.807) is 6.26 Å². The van der Waals surface area contributed by atoms with E-state index >= 15 is 0 Å². The first-order valence-corrected chi connectivity index (χ1v) is 7.49. The SMILES string of the molecule is CCCNCc1coc(OC2CC(C)CC(C)C2)n1. The Morgan fingerprint density at radius 2 is 2.05 bits per heavy atom. The summed E-state index contributed by atoms with van der Waals surface area (Å²) in [5.41, 5.74) is 0.917. The van der Waals surface area contributed by atoms with E-state index in [4.69, 9.17) is 9.15 Å². The van der Waals surface area contributed by atoms with Gasteiger partial charge in [0.1, 0.15) is 12.4 Å². The maximum Gasteiger partial charge on any atom is 0.394 e. The first kappa shape index (κ1) is 14.4. The molecule has 1 aromatic heterocycles. The van der Waals surface area contributed by atoms with Crippen LogP contribution in [0.3, 0.4) is 0 Å². The Morgan fingerprint density at radius 3 is 2.74 bits per heavy atom. The summed E-state index contributed by atoms with van der Waals surface area (Å²) in [4.78, 5) is 4.37. The molecule has 1 aromatic rings. The lowest BCUT2D eigenvalue weighted by molar-refractivity contribution is 0.0724. The average Bonchev–Trinajstić information content (AvgIpc) is 2.76. The van der Waals surface area contributed by atoms with Crippen LogP contribution in [0.2, 0.25) is 0 Å². The number of nitrogens with one attached hydrogen (secondary N) is 1. The fourth-order valence-corrected chi connectivity index (χ4v) is 2.93. The molecule has 0 amide bonds. The molecule has 0 bridgehead atoms. The summed E-state index contributed by atoms with van der Waals surface area (Å²) in [6, 6.07) is 0. The molecule has 19 heavy (non-hydrogen) atoms. The molecule has 4 nitrogen and oxygen atoms in total. The quantitative estimate of drug-likeness (QED) is 0.802. The van der Waals surface area contributed by atoms with Crippen molar-refractivity contribution in [2.75, 3.05) is 6.54 Å². The maximum absolute atomic E-state index is 5.88. The van der Waals surface area contributed by atoms with E-state index < -0.39 is 0 Å². The normalized spacial score (nSPS) is 27.4. The molecule has 1 heterocycles. The molecule has 0 spiro atoms. The molecular formula is C15H26N2O2. The number of hydrogen-bond acceptors (Lipinski definition) is 4. The summed E-state index contributed by atoms with van der Waals surface area (Å²) in [5.74, 6) is 1.46. The number of aromatic nitrogens is 1. The van der Waals surface area contributed by atoms with Gasteiger partial charge in [0.2, 0.25) is 0 Å². The Labute approximate surface area is 115 Å². The minimum Gasteiger partial charge on any atom is -0.447 e. The van der Waals surface area contributed by atoms with Gasteiger partial charge in [0, 0.05) is 6.54 Å². The highest BCUT2D eigenvalue weighted by Crippen LogP contribution is 2.31. The Balaban J connectivity index is 1.82. The monoisotopic (exact) mass is 266 g/mol. The lowest BCUT2D eigenvalue weighted by Crippen LogP contribution is -2.28. The summed E-state index contributed by atoms with van der Waals surface area (Å²) in [6.07, 6.45) is 7.02. The van der Waals surface area contributed by atoms with Crippen molar-refractivity contribution >= 4 is 0 Å². The Bertz CT molecular complexity index is 368. The lowest BCUT2D eigenvalue weighted by Gasteiger charge is -2.30. The second-order valence-electron chi connectivity index (χ2n) is 5.94. The van der Waals surface area contributed by atoms with E-state index in [0.717, 1.165) is 49.9 Å². The van der Waals surface area contributed by atoms with E-state index in [1.807, 2.05) is 0 Å². The molecule has 108 valence electrons. The minimum atomic E-state index is 0.258. The molecular weight excluding hydrogens is 240 g/mol.